The molecule has 2 N–H and O–H groups in total. The summed E-state index contributed by atoms with van der Waals surface area (Å²) >= 11 is 0. The number of hydrogen-bond acceptors (Lipinski definition) is 4. The average Bonchev–Trinajstić information content (AvgIpc) is 3.21. The number of ether oxygens (including phenoxy) is 1. The predicted molar refractivity (Wildman–Crippen MR) is 105 cm³/mol. The lowest BCUT2D eigenvalue weighted by molar-refractivity contribution is 0.261. The first kappa shape index (κ1) is 17.1. The van der Waals surface area contributed by atoms with E-state index in [4.69, 9.17) is 9.15 Å². The molecule has 0 amide bonds. The van der Waals surface area contributed by atoms with E-state index >= 15 is 0 Å². The molecular formula is C21H22N4O2. The lowest BCUT2D eigenvalue weighted by Gasteiger charge is -2.27. The Morgan fingerprint density at radius 1 is 1.15 bits per heavy atom. The zero-order valence-corrected chi connectivity index (χ0v) is 15.2. The Morgan fingerprint density at radius 3 is 2.81 bits per heavy atom. The Labute approximate surface area is 158 Å². The topological polar surface area (TPSA) is 71.7 Å². The van der Waals surface area contributed by atoms with E-state index in [1.165, 1.54) is 0 Å². The number of benzene rings is 2. The van der Waals surface area contributed by atoms with Gasteiger partial charge in [0.25, 0.3) is 0 Å². The predicted octanol–water partition coefficient (Wildman–Crippen LogP) is 3.53. The highest BCUT2D eigenvalue weighted by atomic mass is 16.5. The molecule has 27 heavy (non-hydrogen) atoms. The van der Waals surface area contributed by atoms with E-state index in [1.807, 2.05) is 48.5 Å². The summed E-state index contributed by atoms with van der Waals surface area (Å²) in [5.41, 5.74) is 2.94. The third kappa shape index (κ3) is 3.95. The minimum Gasteiger partial charge on any atom is -0.493 e. The molecule has 138 valence electrons. The molecule has 0 fully saturated rings. The number of oxazole rings is 1. The van der Waals surface area contributed by atoms with Gasteiger partial charge in [-0.05, 0) is 18.2 Å². The number of aliphatic imine (C=N–C) groups is 1. The molecule has 0 saturated carbocycles. The molecule has 4 rings (SSSR count). The number of aromatic nitrogens is 1. The van der Waals surface area contributed by atoms with Crippen molar-refractivity contribution in [1.29, 1.82) is 0 Å². The van der Waals surface area contributed by atoms with E-state index < -0.39 is 0 Å². The molecule has 3 aromatic rings. The first-order valence-corrected chi connectivity index (χ1v) is 9.02. The number of rotatable bonds is 4. The van der Waals surface area contributed by atoms with Gasteiger partial charge in [0.15, 0.2) is 5.96 Å². The molecule has 0 spiro atoms. The SMILES string of the molecule is CN=C(NCc1coc(-c2ccccc2)n1)NC1CCOc2ccccc21. The lowest BCUT2D eigenvalue weighted by Crippen LogP contribution is -2.40. The summed E-state index contributed by atoms with van der Waals surface area (Å²) in [5, 5.41) is 6.78. The van der Waals surface area contributed by atoms with E-state index in [-0.39, 0.29) is 6.04 Å². The van der Waals surface area contributed by atoms with E-state index in [1.54, 1.807) is 13.3 Å². The Bertz CT molecular complexity index is 921. The van der Waals surface area contributed by atoms with Crippen LogP contribution >= 0.6 is 0 Å². The fraction of sp³-hybridized carbons (Fsp3) is 0.238. The highest BCUT2D eigenvalue weighted by molar-refractivity contribution is 5.80. The normalized spacial score (nSPS) is 16.3. The molecule has 1 atom stereocenters. The molecule has 2 aromatic carbocycles. The van der Waals surface area contributed by atoms with Gasteiger partial charge in [-0.1, -0.05) is 36.4 Å². The molecule has 6 heteroatoms. The standard InChI is InChI=1S/C21H22N4O2/c1-22-21(25-18-11-12-26-19-10-6-5-9-17(18)19)23-13-16-14-27-20(24-16)15-7-3-2-4-8-15/h2-10,14,18H,11-13H2,1H3,(H2,22,23,25). The number of para-hydroxylation sites is 1. The molecule has 1 aliphatic heterocycles. The monoisotopic (exact) mass is 362 g/mol. The van der Waals surface area contributed by atoms with Crippen LogP contribution in [0, 0.1) is 0 Å². The molecule has 0 aliphatic carbocycles. The smallest absolute Gasteiger partial charge is 0.226 e. The maximum atomic E-state index is 5.72. The molecule has 1 aliphatic rings. The summed E-state index contributed by atoms with van der Waals surface area (Å²) in [6, 6.07) is 18.1. The summed E-state index contributed by atoms with van der Waals surface area (Å²) in [4.78, 5) is 8.87. The molecule has 2 heterocycles. The van der Waals surface area contributed by atoms with Crippen LogP contribution in [0.25, 0.3) is 11.5 Å². The zero-order valence-electron chi connectivity index (χ0n) is 15.2. The zero-order chi connectivity index (χ0) is 18.5. The van der Waals surface area contributed by atoms with E-state index in [0.717, 1.165) is 35.0 Å². The summed E-state index contributed by atoms with van der Waals surface area (Å²) in [5.74, 6) is 2.27. The highest BCUT2D eigenvalue weighted by Crippen LogP contribution is 2.31. The molecule has 0 radical (unpaired) electrons. The Hall–Kier alpha value is -3.28. The number of hydrogen-bond donors (Lipinski definition) is 2. The summed E-state index contributed by atoms with van der Waals surface area (Å²) in [6.45, 7) is 1.22. The van der Waals surface area contributed by atoms with Crippen LogP contribution in [0.1, 0.15) is 23.7 Å². The van der Waals surface area contributed by atoms with Crippen molar-refractivity contribution in [2.45, 2.75) is 19.0 Å². The average molecular weight is 362 g/mol. The number of nitrogens with one attached hydrogen (secondary N) is 2. The highest BCUT2D eigenvalue weighted by Gasteiger charge is 2.21. The van der Waals surface area contributed by atoms with Crippen LogP contribution in [-0.4, -0.2) is 24.6 Å². The van der Waals surface area contributed by atoms with Crippen molar-refractivity contribution in [2.75, 3.05) is 13.7 Å². The second-order valence-electron chi connectivity index (χ2n) is 6.31. The Balaban J connectivity index is 1.39. The van der Waals surface area contributed by atoms with Crippen LogP contribution in [-0.2, 0) is 6.54 Å². The second-order valence-corrected chi connectivity index (χ2v) is 6.31. The van der Waals surface area contributed by atoms with Crippen LogP contribution in [0.4, 0.5) is 0 Å². The second kappa shape index (κ2) is 7.95. The van der Waals surface area contributed by atoms with Gasteiger partial charge in [0.05, 0.1) is 24.9 Å². The van der Waals surface area contributed by atoms with Crippen LogP contribution < -0.4 is 15.4 Å². The minimum atomic E-state index is 0.165. The Morgan fingerprint density at radius 2 is 1.96 bits per heavy atom. The van der Waals surface area contributed by atoms with Gasteiger partial charge in [0, 0.05) is 24.6 Å². The fourth-order valence-electron chi connectivity index (χ4n) is 3.13. The first-order valence-electron chi connectivity index (χ1n) is 9.02. The van der Waals surface area contributed by atoms with Crippen molar-refractivity contribution in [3.8, 4) is 17.2 Å². The van der Waals surface area contributed by atoms with Crippen LogP contribution in [0.5, 0.6) is 5.75 Å². The van der Waals surface area contributed by atoms with Gasteiger partial charge in [0.1, 0.15) is 12.0 Å². The third-order valence-electron chi connectivity index (χ3n) is 4.50. The van der Waals surface area contributed by atoms with Gasteiger partial charge in [-0.2, -0.15) is 0 Å². The maximum Gasteiger partial charge on any atom is 0.226 e. The van der Waals surface area contributed by atoms with Gasteiger partial charge in [-0.15, -0.1) is 0 Å². The summed E-state index contributed by atoms with van der Waals surface area (Å²) in [6.07, 6.45) is 2.56. The van der Waals surface area contributed by atoms with E-state index in [2.05, 4.69) is 26.7 Å². The van der Waals surface area contributed by atoms with Crippen LogP contribution in [0.2, 0.25) is 0 Å². The quantitative estimate of drug-likeness (QED) is 0.549. The molecule has 0 saturated heterocycles. The fourth-order valence-corrected chi connectivity index (χ4v) is 3.13. The van der Waals surface area contributed by atoms with Crippen LogP contribution in [0.15, 0.2) is 70.3 Å². The van der Waals surface area contributed by atoms with Gasteiger partial charge in [-0.25, -0.2) is 4.98 Å². The minimum absolute atomic E-state index is 0.165. The van der Waals surface area contributed by atoms with Crippen molar-refractivity contribution < 1.29 is 9.15 Å². The Kier molecular flexibility index (Phi) is 5.05. The van der Waals surface area contributed by atoms with Gasteiger partial charge in [-0.3, -0.25) is 4.99 Å². The summed E-state index contributed by atoms with van der Waals surface area (Å²) in [7, 11) is 1.76. The van der Waals surface area contributed by atoms with Gasteiger partial charge >= 0.3 is 0 Å². The molecule has 1 aromatic heterocycles. The van der Waals surface area contributed by atoms with Crippen molar-refractivity contribution >= 4 is 5.96 Å². The van der Waals surface area contributed by atoms with E-state index in [9.17, 15) is 0 Å². The van der Waals surface area contributed by atoms with Crippen molar-refractivity contribution in [1.82, 2.24) is 15.6 Å². The molecule has 1 unspecified atom stereocenters. The van der Waals surface area contributed by atoms with Crippen LogP contribution in [0.3, 0.4) is 0 Å². The molecule has 0 bridgehead atoms. The van der Waals surface area contributed by atoms with Crippen molar-refractivity contribution in [3.63, 3.8) is 0 Å². The van der Waals surface area contributed by atoms with Gasteiger partial charge < -0.3 is 19.8 Å². The molecule has 6 nitrogen and oxygen atoms in total. The summed E-state index contributed by atoms with van der Waals surface area (Å²) < 4.78 is 11.3. The maximum absolute atomic E-state index is 5.72. The third-order valence-corrected chi connectivity index (χ3v) is 4.50. The van der Waals surface area contributed by atoms with Crippen molar-refractivity contribution in [3.05, 3.63) is 72.1 Å². The number of nitrogens with zero attached hydrogens (tertiary/aromatic N) is 2. The first-order chi connectivity index (χ1) is 13.3. The molecular weight excluding hydrogens is 340 g/mol. The van der Waals surface area contributed by atoms with Gasteiger partial charge in [0.2, 0.25) is 5.89 Å². The largest absolute Gasteiger partial charge is 0.493 e. The lowest BCUT2D eigenvalue weighted by atomic mass is 10.0. The number of guanidine groups is 1. The van der Waals surface area contributed by atoms with E-state index in [0.29, 0.717) is 19.0 Å². The van der Waals surface area contributed by atoms with Crippen molar-refractivity contribution in [2.24, 2.45) is 4.99 Å². The number of fused-ring (bicyclic) bond motifs is 1.